The van der Waals surface area contributed by atoms with E-state index in [9.17, 15) is 35.5 Å². The molecule has 0 unspecified atom stereocenters. The van der Waals surface area contributed by atoms with E-state index in [0.717, 1.165) is 36.3 Å². The molecule has 2 aromatic carbocycles. The molecule has 1 aliphatic carbocycles. The van der Waals surface area contributed by atoms with Gasteiger partial charge in [0.05, 0.1) is 11.3 Å². The summed E-state index contributed by atoms with van der Waals surface area (Å²) in [7, 11) is 1.19. The number of alkyl halides is 6. The summed E-state index contributed by atoms with van der Waals surface area (Å²) in [4.78, 5) is 14.9. The maximum Gasteiger partial charge on any atom is 0.420 e. The van der Waals surface area contributed by atoms with Crippen LogP contribution in [-0.4, -0.2) is 26.2 Å². The van der Waals surface area contributed by atoms with E-state index in [1.165, 1.54) is 24.1 Å². The average Bonchev–Trinajstić information content (AvgIpc) is 2.64. The molecule has 0 bridgehead atoms. The van der Waals surface area contributed by atoms with Crippen molar-refractivity contribution in [1.29, 1.82) is 0 Å². The molecule has 4 nitrogen and oxygen atoms in total. The Kier molecular flexibility index (Phi) is 5.49. The van der Waals surface area contributed by atoms with Crippen molar-refractivity contribution in [3.05, 3.63) is 53.3 Å². The number of rotatable bonds is 3. The van der Waals surface area contributed by atoms with Crippen molar-refractivity contribution in [3.63, 3.8) is 0 Å². The monoisotopic (exact) mass is 476 g/mol. The van der Waals surface area contributed by atoms with Crippen molar-refractivity contribution in [2.45, 2.75) is 31.6 Å². The molecule has 2 aliphatic rings. The first kappa shape index (κ1) is 23.2. The van der Waals surface area contributed by atoms with Crippen LogP contribution < -0.4 is 14.5 Å². The van der Waals surface area contributed by atoms with Crippen LogP contribution in [0, 0.1) is 11.2 Å². The summed E-state index contributed by atoms with van der Waals surface area (Å²) in [6, 6.07) is 5.05. The van der Waals surface area contributed by atoms with Crippen LogP contribution in [-0.2, 0) is 12.4 Å². The number of anilines is 2. The molecule has 1 saturated carbocycles. The molecule has 178 valence electrons. The highest BCUT2D eigenvalue weighted by Crippen LogP contribution is 2.53. The quantitative estimate of drug-likeness (QED) is 0.475. The molecule has 2 fully saturated rings. The Hall–Kier alpha value is -2.98. The van der Waals surface area contributed by atoms with Crippen LogP contribution in [0.25, 0.3) is 0 Å². The predicted octanol–water partition coefficient (Wildman–Crippen LogP) is 6.49. The summed E-state index contributed by atoms with van der Waals surface area (Å²) < 4.78 is 99.8. The number of hydrogen-bond donors (Lipinski definition) is 0. The zero-order valence-corrected chi connectivity index (χ0v) is 17.4. The first-order chi connectivity index (χ1) is 15.3. The Bertz CT molecular complexity index is 1050. The van der Waals surface area contributed by atoms with Crippen molar-refractivity contribution in [3.8, 4) is 5.75 Å². The molecule has 33 heavy (non-hydrogen) atoms. The van der Waals surface area contributed by atoms with Gasteiger partial charge >= 0.3 is 18.4 Å². The van der Waals surface area contributed by atoms with Gasteiger partial charge in [-0.3, -0.25) is 4.90 Å². The van der Waals surface area contributed by atoms with E-state index >= 15 is 0 Å². The molecule has 1 saturated heterocycles. The molecule has 4 rings (SSSR count). The average molecular weight is 476 g/mol. The lowest BCUT2D eigenvalue weighted by Gasteiger charge is -2.57. The molecule has 1 amide bonds. The van der Waals surface area contributed by atoms with Gasteiger partial charge in [-0.25, -0.2) is 9.18 Å². The summed E-state index contributed by atoms with van der Waals surface area (Å²) in [5.74, 6) is -1.57. The number of amides is 1. The molecule has 2 aromatic rings. The predicted molar refractivity (Wildman–Crippen MR) is 106 cm³/mol. The number of ether oxygens (including phenoxy) is 1. The summed E-state index contributed by atoms with van der Waals surface area (Å²) in [6.45, 7) is 0.563. The lowest BCUT2D eigenvalue weighted by molar-refractivity contribution is -0.143. The van der Waals surface area contributed by atoms with Crippen LogP contribution in [0.3, 0.4) is 0 Å². The molecule has 1 heterocycles. The van der Waals surface area contributed by atoms with E-state index in [0.29, 0.717) is 6.07 Å². The summed E-state index contributed by atoms with van der Waals surface area (Å²) in [5, 5.41) is 0. The molecule has 11 heteroatoms. The maximum absolute atomic E-state index is 13.8. The highest BCUT2D eigenvalue weighted by Gasteiger charge is 2.50. The number of benzene rings is 2. The number of nitrogens with zero attached hydrogens (tertiary/aromatic N) is 2. The summed E-state index contributed by atoms with van der Waals surface area (Å²) in [5.41, 5.74) is -3.59. The van der Waals surface area contributed by atoms with E-state index in [4.69, 9.17) is 4.74 Å². The van der Waals surface area contributed by atoms with E-state index in [2.05, 4.69) is 0 Å². The van der Waals surface area contributed by atoms with Crippen molar-refractivity contribution in [1.82, 2.24) is 0 Å². The van der Waals surface area contributed by atoms with E-state index < -0.39 is 46.8 Å². The first-order valence-corrected chi connectivity index (χ1v) is 10.1. The minimum Gasteiger partial charge on any atom is -0.407 e. The van der Waals surface area contributed by atoms with Gasteiger partial charge in [-0.15, -0.1) is 0 Å². The lowest BCUT2D eigenvalue weighted by atomic mass is 9.63. The minimum absolute atomic E-state index is 0.0527. The summed E-state index contributed by atoms with van der Waals surface area (Å²) >= 11 is 0. The minimum atomic E-state index is -5.21. The fourth-order valence-corrected chi connectivity index (χ4v) is 4.18. The molecular weight excluding hydrogens is 457 g/mol. The zero-order chi connectivity index (χ0) is 24.2. The molecule has 0 atom stereocenters. The van der Waals surface area contributed by atoms with E-state index in [1.54, 1.807) is 0 Å². The third-order valence-corrected chi connectivity index (χ3v) is 6.19. The van der Waals surface area contributed by atoms with Gasteiger partial charge in [-0.05, 0) is 49.2 Å². The van der Waals surface area contributed by atoms with E-state index in [1.807, 2.05) is 0 Å². The number of hydrogen-bond acceptors (Lipinski definition) is 3. The van der Waals surface area contributed by atoms with Crippen LogP contribution >= 0.6 is 0 Å². The third kappa shape index (κ3) is 4.45. The number of carbonyl (C=O) groups is 1. The van der Waals surface area contributed by atoms with Crippen molar-refractivity contribution >= 4 is 17.5 Å². The highest BCUT2D eigenvalue weighted by molar-refractivity contribution is 5.90. The molecule has 1 spiro atoms. The topological polar surface area (TPSA) is 32.8 Å². The van der Waals surface area contributed by atoms with Gasteiger partial charge in [-0.2, -0.15) is 26.3 Å². The van der Waals surface area contributed by atoms with Crippen LogP contribution in [0.5, 0.6) is 5.75 Å². The van der Waals surface area contributed by atoms with Crippen molar-refractivity contribution in [2.24, 2.45) is 5.41 Å². The Balaban J connectivity index is 1.74. The Morgan fingerprint density at radius 1 is 1.00 bits per heavy atom. The second-order valence-electron chi connectivity index (χ2n) is 8.48. The molecule has 0 N–H and O–H groups in total. The lowest BCUT2D eigenvalue weighted by Crippen LogP contribution is -2.60. The van der Waals surface area contributed by atoms with Gasteiger partial charge in [0, 0.05) is 31.2 Å². The first-order valence-electron chi connectivity index (χ1n) is 10.1. The number of halogens is 7. The van der Waals surface area contributed by atoms with Gasteiger partial charge in [0.25, 0.3) is 0 Å². The van der Waals surface area contributed by atoms with Crippen LogP contribution in [0.15, 0.2) is 36.4 Å². The van der Waals surface area contributed by atoms with Crippen LogP contribution in [0.2, 0.25) is 0 Å². The SMILES string of the molecule is CN(C(=O)Oc1c(N2CC3(CCC3)C2)cc(C(F)(F)F)cc1C(F)(F)F)c1ccc(F)cc1. The van der Waals surface area contributed by atoms with Gasteiger partial charge in [0.15, 0.2) is 5.75 Å². The maximum atomic E-state index is 13.8. The fraction of sp³-hybridized carbons (Fsp3) is 0.409. The summed E-state index contributed by atoms with van der Waals surface area (Å²) in [6.07, 6.45) is -8.85. The van der Waals surface area contributed by atoms with Gasteiger partial charge in [0.1, 0.15) is 11.4 Å². The second-order valence-corrected chi connectivity index (χ2v) is 8.48. The molecular formula is C22H19F7N2O2. The van der Waals surface area contributed by atoms with Crippen LogP contribution in [0.1, 0.15) is 30.4 Å². The van der Waals surface area contributed by atoms with Crippen molar-refractivity contribution < 1.29 is 40.3 Å². The van der Waals surface area contributed by atoms with Crippen LogP contribution in [0.4, 0.5) is 46.9 Å². The molecule has 1 aliphatic heterocycles. The van der Waals surface area contributed by atoms with Gasteiger partial charge < -0.3 is 9.64 Å². The normalized spacial score (nSPS) is 17.4. The molecule has 0 radical (unpaired) electrons. The van der Waals surface area contributed by atoms with Crippen molar-refractivity contribution in [2.75, 3.05) is 29.9 Å². The zero-order valence-electron chi connectivity index (χ0n) is 17.4. The largest absolute Gasteiger partial charge is 0.420 e. The highest BCUT2D eigenvalue weighted by atomic mass is 19.4. The third-order valence-electron chi connectivity index (χ3n) is 6.19. The smallest absolute Gasteiger partial charge is 0.407 e. The number of carbonyl (C=O) groups excluding carboxylic acids is 1. The second kappa shape index (κ2) is 7.81. The Labute approximate surface area is 184 Å². The fourth-order valence-electron chi connectivity index (χ4n) is 4.18. The van der Waals surface area contributed by atoms with Gasteiger partial charge in [0.2, 0.25) is 0 Å². The standard InChI is InChI=1S/C22H19F7N2O2/c1-30(15-5-3-14(23)4-6-15)19(32)33-18-16(22(27,28)29)9-13(21(24,25)26)10-17(18)31-11-20(12-31)7-2-8-20/h3-6,9-10H,2,7-8,11-12H2,1H3. The Morgan fingerprint density at radius 2 is 1.61 bits per heavy atom. The van der Waals surface area contributed by atoms with Gasteiger partial charge in [-0.1, -0.05) is 6.42 Å². The van der Waals surface area contributed by atoms with E-state index in [-0.39, 0.29) is 30.3 Å². The molecule has 0 aromatic heterocycles. The Morgan fingerprint density at radius 3 is 2.09 bits per heavy atom.